The molecule has 0 aliphatic carbocycles. The molecule has 1 atom stereocenters. The Morgan fingerprint density at radius 3 is 2.56 bits per heavy atom. The zero-order chi connectivity index (χ0) is 22.8. The van der Waals surface area contributed by atoms with Gasteiger partial charge in [-0.25, -0.2) is 9.37 Å². The van der Waals surface area contributed by atoms with Gasteiger partial charge in [0.05, 0.1) is 18.4 Å². The Hall–Kier alpha value is -3.49. The average Bonchev–Trinajstić information content (AvgIpc) is 3.22. The summed E-state index contributed by atoms with van der Waals surface area (Å²) in [7, 11) is 1.91. The number of halogens is 1. The van der Waals surface area contributed by atoms with E-state index in [4.69, 9.17) is 4.98 Å². The first-order chi connectivity index (χ1) is 15.4. The number of nitrogens with zero attached hydrogens (tertiary/aromatic N) is 6. The third kappa shape index (κ3) is 4.15. The molecular formula is C23H28FN7O. The third-order valence-electron chi connectivity index (χ3n) is 5.76. The van der Waals surface area contributed by atoms with Crippen LogP contribution in [0.2, 0.25) is 0 Å². The minimum absolute atomic E-state index is 0.0889. The summed E-state index contributed by atoms with van der Waals surface area (Å²) in [6, 6.07) is 6.18. The highest BCUT2D eigenvalue weighted by Gasteiger charge is 2.37. The molecule has 4 rings (SSSR count). The van der Waals surface area contributed by atoms with Gasteiger partial charge in [0.15, 0.2) is 5.82 Å². The normalized spacial score (nSPS) is 15.8. The molecule has 2 aromatic heterocycles. The van der Waals surface area contributed by atoms with Crippen molar-refractivity contribution in [2.45, 2.75) is 46.3 Å². The first-order valence-corrected chi connectivity index (χ1v) is 10.8. The van der Waals surface area contributed by atoms with Crippen LogP contribution >= 0.6 is 0 Å². The number of carbonyl (C=O) groups excluding carboxylic acids is 1. The van der Waals surface area contributed by atoms with Crippen molar-refractivity contribution in [3.8, 4) is 0 Å². The van der Waals surface area contributed by atoms with Crippen LogP contribution in [0.4, 0.5) is 21.8 Å². The van der Waals surface area contributed by atoms with Crippen LogP contribution in [0.5, 0.6) is 0 Å². The number of rotatable bonds is 7. The van der Waals surface area contributed by atoms with Crippen LogP contribution in [0.25, 0.3) is 0 Å². The second kappa shape index (κ2) is 8.94. The fourth-order valence-corrected chi connectivity index (χ4v) is 4.10. The predicted octanol–water partition coefficient (Wildman–Crippen LogP) is 3.36. The van der Waals surface area contributed by atoms with Crippen molar-refractivity contribution < 1.29 is 9.18 Å². The lowest BCUT2D eigenvalue weighted by molar-refractivity contribution is -0.120. The summed E-state index contributed by atoms with van der Waals surface area (Å²) in [4.78, 5) is 25.9. The molecule has 0 saturated carbocycles. The molecule has 0 bridgehead atoms. The van der Waals surface area contributed by atoms with E-state index in [2.05, 4.69) is 15.4 Å². The minimum Gasteiger partial charge on any atom is -0.350 e. The monoisotopic (exact) mass is 437 g/mol. The van der Waals surface area contributed by atoms with Gasteiger partial charge in [-0.05, 0) is 38.0 Å². The van der Waals surface area contributed by atoms with Crippen molar-refractivity contribution in [3.63, 3.8) is 0 Å². The molecule has 1 N–H and O–H groups in total. The highest BCUT2D eigenvalue weighted by Crippen LogP contribution is 2.37. The van der Waals surface area contributed by atoms with E-state index in [0.29, 0.717) is 32.0 Å². The molecule has 1 aromatic carbocycles. The Morgan fingerprint density at radius 2 is 1.88 bits per heavy atom. The summed E-state index contributed by atoms with van der Waals surface area (Å²) >= 11 is 0. The van der Waals surface area contributed by atoms with Gasteiger partial charge in [0.25, 0.3) is 0 Å². The van der Waals surface area contributed by atoms with Crippen molar-refractivity contribution in [2.24, 2.45) is 0 Å². The van der Waals surface area contributed by atoms with Crippen LogP contribution in [0.1, 0.15) is 37.1 Å². The fraction of sp³-hybridized carbons (Fsp3) is 0.391. The molecule has 3 heterocycles. The van der Waals surface area contributed by atoms with Crippen LogP contribution < -0.4 is 15.1 Å². The number of benzene rings is 1. The van der Waals surface area contributed by atoms with Gasteiger partial charge in [-0.1, -0.05) is 19.1 Å². The van der Waals surface area contributed by atoms with E-state index in [9.17, 15) is 9.18 Å². The molecule has 3 aromatic rings. The number of amides is 1. The third-order valence-corrected chi connectivity index (χ3v) is 5.76. The molecule has 0 saturated heterocycles. The molecule has 1 aliphatic heterocycles. The van der Waals surface area contributed by atoms with Gasteiger partial charge in [-0.15, -0.1) is 0 Å². The summed E-state index contributed by atoms with van der Waals surface area (Å²) in [5, 5.41) is 7.66. The molecule has 1 aliphatic rings. The molecule has 168 valence electrons. The van der Waals surface area contributed by atoms with E-state index in [1.807, 2.05) is 43.6 Å². The van der Waals surface area contributed by atoms with Crippen LogP contribution in [0, 0.1) is 12.7 Å². The average molecular weight is 438 g/mol. The minimum atomic E-state index is -0.248. The molecule has 9 heteroatoms. The number of aromatic nitrogens is 4. The Bertz CT molecular complexity index is 1110. The van der Waals surface area contributed by atoms with Crippen molar-refractivity contribution >= 4 is 23.4 Å². The van der Waals surface area contributed by atoms with Crippen LogP contribution in [-0.2, 0) is 17.9 Å². The Kier molecular flexibility index (Phi) is 6.07. The molecule has 0 spiro atoms. The number of aryl methyl sites for hydroxylation is 1. The Balaban J connectivity index is 1.50. The van der Waals surface area contributed by atoms with Gasteiger partial charge in [-0.3, -0.25) is 9.48 Å². The first kappa shape index (κ1) is 21.7. The van der Waals surface area contributed by atoms with Crippen LogP contribution in [-0.4, -0.2) is 45.3 Å². The fourth-order valence-electron chi connectivity index (χ4n) is 4.10. The maximum Gasteiger partial charge on any atom is 0.249 e. The van der Waals surface area contributed by atoms with Gasteiger partial charge in [0, 0.05) is 31.9 Å². The van der Waals surface area contributed by atoms with Crippen molar-refractivity contribution in [2.75, 3.05) is 28.7 Å². The molecule has 0 radical (unpaired) electrons. The first-order valence-electron chi connectivity index (χ1n) is 10.8. The number of carbonyl (C=O) groups is 1. The van der Waals surface area contributed by atoms with E-state index in [1.54, 1.807) is 23.2 Å². The molecule has 32 heavy (non-hydrogen) atoms. The quantitative estimate of drug-likeness (QED) is 0.611. The lowest BCUT2D eigenvalue weighted by atomic mass is 10.1. The Labute approximate surface area is 187 Å². The molecule has 1 unspecified atom stereocenters. The lowest BCUT2D eigenvalue weighted by Crippen LogP contribution is -2.52. The summed E-state index contributed by atoms with van der Waals surface area (Å²) in [5.74, 6) is 1.12. The smallest absolute Gasteiger partial charge is 0.249 e. The number of fused-ring (bicyclic) bond motifs is 1. The van der Waals surface area contributed by atoms with Crippen LogP contribution in [0.15, 0.2) is 36.7 Å². The summed E-state index contributed by atoms with van der Waals surface area (Å²) in [6.45, 7) is 7.55. The summed E-state index contributed by atoms with van der Waals surface area (Å²) < 4.78 is 14.9. The highest BCUT2D eigenvalue weighted by molar-refractivity contribution is 6.05. The highest BCUT2D eigenvalue weighted by atomic mass is 19.1. The van der Waals surface area contributed by atoms with Gasteiger partial charge in [-0.2, -0.15) is 10.1 Å². The zero-order valence-corrected chi connectivity index (χ0v) is 18.8. The molecule has 1 amide bonds. The number of hydrogen-bond donors (Lipinski definition) is 1. The van der Waals surface area contributed by atoms with Gasteiger partial charge in [0.1, 0.15) is 17.5 Å². The van der Waals surface area contributed by atoms with E-state index >= 15 is 0 Å². The largest absolute Gasteiger partial charge is 0.350 e. The SMILES string of the molecule is CCC1C(=O)N(CC)c2c(C)nc(NCc3cnn(Cc4ccc(F)cc4)c3)nc2N1C. The molecular weight excluding hydrogens is 409 g/mol. The lowest BCUT2D eigenvalue weighted by Gasteiger charge is -2.40. The molecule has 0 fully saturated rings. The standard InChI is InChI=1S/C23H28FN7O/c1-5-19-22(32)31(6-2)20-15(3)27-23(28-21(20)29(19)4)25-11-17-12-26-30(14-17)13-16-7-9-18(24)10-8-16/h7-10,12,14,19H,5-6,11,13H2,1-4H3,(H,25,27,28). The maximum absolute atomic E-state index is 13.1. The van der Waals surface area contributed by atoms with Crippen molar-refractivity contribution in [1.29, 1.82) is 0 Å². The zero-order valence-electron chi connectivity index (χ0n) is 18.8. The van der Waals surface area contributed by atoms with E-state index in [-0.39, 0.29) is 17.8 Å². The van der Waals surface area contributed by atoms with E-state index in [0.717, 1.165) is 28.3 Å². The van der Waals surface area contributed by atoms with E-state index < -0.39 is 0 Å². The van der Waals surface area contributed by atoms with Crippen molar-refractivity contribution in [1.82, 2.24) is 19.7 Å². The number of hydrogen-bond acceptors (Lipinski definition) is 6. The summed E-state index contributed by atoms with van der Waals surface area (Å²) in [5.41, 5.74) is 3.51. The topological polar surface area (TPSA) is 79.2 Å². The number of likely N-dealkylation sites (N-methyl/N-ethyl adjacent to an activating group) is 2. The molecule has 8 nitrogen and oxygen atoms in total. The second-order valence-corrected chi connectivity index (χ2v) is 7.95. The van der Waals surface area contributed by atoms with Gasteiger partial charge >= 0.3 is 0 Å². The number of nitrogens with one attached hydrogen (secondary N) is 1. The predicted molar refractivity (Wildman–Crippen MR) is 122 cm³/mol. The van der Waals surface area contributed by atoms with E-state index in [1.165, 1.54) is 12.1 Å². The second-order valence-electron chi connectivity index (χ2n) is 7.95. The Morgan fingerprint density at radius 1 is 1.12 bits per heavy atom. The van der Waals surface area contributed by atoms with Gasteiger partial charge < -0.3 is 15.1 Å². The number of anilines is 3. The van der Waals surface area contributed by atoms with Gasteiger partial charge in [0.2, 0.25) is 11.9 Å². The summed E-state index contributed by atoms with van der Waals surface area (Å²) in [6.07, 6.45) is 4.45. The van der Waals surface area contributed by atoms with Crippen LogP contribution in [0.3, 0.4) is 0 Å². The maximum atomic E-state index is 13.1. The van der Waals surface area contributed by atoms with Crippen molar-refractivity contribution in [3.05, 3.63) is 59.3 Å².